The van der Waals surface area contributed by atoms with Crippen LogP contribution >= 0.6 is 0 Å². The Labute approximate surface area is 248 Å². The summed E-state index contributed by atoms with van der Waals surface area (Å²) in [6.45, 7) is 5.71. The van der Waals surface area contributed by atoms with E-state index in [9.17, 15) is 9.59 Å². The monoisotopic (exact) mass is 561 g/mol. The van der Waals surface area contributed by atoms with Crippen molar-refractivity contribution in [1.82, 2.24) is 4.90 Å². The molecule has 1 heterocycles. The van der Waals surface area contributed by atoms with E-state index in [0.717, 1.165) is 72.3 Å². The summed E-state index contributed by atoms with van der Waals surface area (Å²) in [5.41, 5.74) is 8.31. The van der Waals surface area contributed by atoms with E-state index in [1.54, 1.807) is 0 Å². The van der Waals surface area contributed by atoms with Gasteiger partial charge in [0, 0.05) is 47.8 Å². The van der Waals surface area contributed by atoms with Gasteiger partial charge in [0.15, 0.2) is 23.1 Å². The molecule has 0 saturated carbocycles. The molecule has 3 aromatic carbocycles. The zero-order valence-corrected chi connectivity index (χ0v) is 24.7. The van der Waals surface area contributed by atoms with Gasteiger partial charge in [0.05, 0.1) is 6.61 Å². The van der Waals surface area contributed by atoms with Crippen LogP contribution in [0.1, 0.15) is 73.6 Å². The van der Waals surface area contributed by atoms with E-state index in [4.69, 9.17) is 9.47 Å². The number of hydrogen-bond donors (Lipinski definition) is 0. The van der Waals surface area contributed by atoms with Crippen LogP contribution in [-0.4, -0.2) is 29.6 Å². The second-order valence-electron chi connectivity index (χ2n) is 11.5. The summed E-state index contributed by atoms with van der Waals surface area (Å²) in [5, 5.41) is 0. The molecule has 0 radical (unpaired) electrons. The van der Waals surface area contributed by atoms with Crippen molar-refractivity contribution in [2.75, 3.05) is 13.2 Å². The molecule has 0 unspecified atom stereocenters. The van der Waals surface area contributed by atoms with E-state index < -0.39 is 0 Å². The standard InChI is InChI=1S/C37H39NO4/c1-3-41-34-23-28(19-20-33(34)42-24-27-17-15-25(2)16-18-27)35-36-29(11-7-13-31(36)39)38(22-21-26-9-5-4-6-10-26)30-12-8-14-32(40)37(30)35/h4-6,9-10,15-20,23,35H,3,7-8,11-14,21-22,24H2,1-2H3. The highest BCUT2D eigenvalue weighted by Crippen LogP contribution is 2.50. The highest BCUT2D eigenvalue weighted by atomic mass is 16.5. The maximum absolute atomic E-state index is 13.7. The molecule has 0 saturated heterocycles. The summed E-state index contributed by atoms with van der Waals surface area (Å²) in [4.78, 5) is 29.7. The van der Waals surface area contributed by atoms with Gasteiger partial charge in [-0.15, -0.1) is 0 Å². The molecule has 0 spiro atoms. The largest absolute Gasteiger partial charge is 0.490 e. The predicted molar refractivity (Wildman–Crippen MR) is 164 cm³/mol. The third-order valence-electron chi connectivity index (χ3n) is 8.67. The molecule has 0 aromatic heterocycles. The van der Waals surface area contributed by atoms with Gasteiger partial charge in [0.25, 0.3) is 0 Å². The van der Waals surface area contributed by atoms with E-state index in [-0.39, 0.29) is 17.5 Å². The van der Waals surface area contributed by atoms with Crippen molar-refractivity contribution in [3.05, 3.63) is 118 Å². The fourth-order valence-electron chi connectivity index (χ4n) is 6.64. The third kappa shape index (κ3) is 5.65. The fraction of sp³-hybridized carbons (Fsp3) is 0.351. The zero-order valence-electron chi connectivity index (χ0n) is 24.7. The normalized spacial score (nSPS) is 17.3. The topological polar surface area (TPSA) is 55.8 Å². The Kier molecular flexibility index (Phi) is 8.27. The van der Waals surface area contributed by atoms with Crippen molar-refractivity contribution in [3.8, 4) is 11.5 Å². The van der Waals surface area contributed by atoms with Crippen LogP contribution in [0, 0.1) is 6.92 Å². The Bertz CT molecular complexity index is 1490. The number of carbonyl (C=O) groups is 2. The van der Waals surface area contributed by atoms with Gasteiger partial charge in [0.1, 0.15) is 6.61 Å². The maximum Gasteiger partial charge on any atom is 0.161 e. The summed E-state index contributed by atoms with van der Waals surface area (Å²) >= 11 is 0. The summed E-state index contributed by atoms with van der Waals surface area (Å²) in [6, 6.07) is 24.7. The second kappa shape index (κ2) is 12.4. The number of hydrogen-bond acceptors (Lipinski definition) is 5. The molecule has 5 nitrogen and oxygen atoms in total. The van der Waals surface area contributed by atoms with Gasteiger partial charge in [-0.25, -0.2) is 0 Å². The van der Waals surface area contributed by atoms with Crippen LogP contribution in [0.5, 0.6) is 11.5 Å². The average Bonchev–Trinajstić information content (AvgIpc) is 3.01. The first kappa shape index (κ1) is 28.0. The van der Waals surface area contributed by atoms with Crippen LogP contribution in [0.2, 0.25) is 0 Å². The van der Waals surface area contributed by atoms with Crippen molar-refractivity contribution < 1.29 is 19.1 Å². The Hall–Kier alpha value is -4.12. The number of allylic oxidation sites excluding steroid dienone is 4. The van der Waals surface area contributed by atoms with E-state index in [1.165, 1.54) is 11.1 Å². The molecule has 0 bridgehead atoms. The van der Waals surface area contributed by atoms with Crippen LogP contribution in [-0.2, 0) is 22.6 Å². The van der Waals surface area contributed by atoms with E-state index >= 15 is 0 Å². The molecule has 0 atom stereocenters. The minimum atomic E-state index is -0.367. The van der Waals surface area contributed by atoms with Crippen LogP contribution in [0.25, 0.3) is 0 Å². The summed E-state index contributed by atoms with van der Waals surface area (Å²) in [6.07, 6.45) is 5.31. The van der Waals surface area contributed by atoms with Crippen molar-refractivity contribution >= 4 is 11.6 Å². The highest BCUT2D eigenvalue weighted by Gasteiger charge is 2.43. The molecule has 2 aliphatic carbocycles. The Morgan fingerprint density at radius 3 is 2.05 bits per heavy atom. The average molecular weight is 562 g/mol. The molecule has 3 aliphatic rings. The van der Waals surface area contributed by atoms with Gasteiger partial charge in [-0.1, -0.05) is 66.2 Å². The van der Waals surface area contributed by atoms with E-state index in [0.29, 0.717) is 37.6 Å². The molecular weight excluding hydrogens is 522 g/mol. The number of Topliss-reactive ketones (excluding diaryl/α,β-unsaturated/α-hetero) is 2. The molecule has 5 heteroatoms. The molecule has 3 aromatic rings. The summed E-state index contributed by atoms with van der Waals surface area (Å²) in [7, 11) is 0. The zero-order chi connectivity index (χ0) is 29.1. The van der Waals surface area contributed by atoms with Gasteiger partial charge in [-0.2, -0.15) is 0 Å². The molecule has 0 fully saturated rings. The van der Waals surface area contributed by atoms with Gasteiger partial charge in [-0.3, -0.25) is 9.59 Å². The van der Waals surface area contributed by atoms with E-state index in [2.05, 4.69) is 60.4 Å². The van der Waals surface area contributed by atoms with Crippen LogP contribution in [0.3, 0.4) is 0 Å². The van der Waals surface area contributed by atoms with Gasteiger partial charge in [-0.05, 0) is 74.8 Å². The number of benzene rings is 3. The minimum Gasteiger partial charge on any atom is -0.490 e. The third-order valence-corrected chi connectivity index (χ3v) is 8.67. The first-order valence-electron chi connectivity index (χ1n) is 15.3. The molecule has 0 N–H and O–H groups in total. The number of ether oxygens (including phenoxy) is 2. The van der Waals surface area contributed by atoms with Crippen LogP contribution in [0.15, 0.2) is 95.3 Å². The van der Waals surface area contributed by atoms with Crippen LogP contribution < -0.4 is 9.47 Å². The van der Waals surface area contributed by atoms with Gasteiger partial charge < -0.3 is 14.4 Å². The lowest BCUT2D eigenvalue weighted by atomic mass is 9.71. The van der Waals surface area contributed by atoms with Crippen molar-refractivity contribution in [2.45, 2.75) is 71.3 Å². The maximum atomic E-state index is 13.7. The lowest BCUT2D eigenvalue weighted by Crippen LogP contribution is -2.39. The molecule has 216 valence electrons. The first-order chi connectivity index (χ1) is 20.5. The van der Waals surface area contributed by atoms with E-state index in [1.807, 2.05) is 31.2 Å². The molecule has 42 heavy (non-hydrogen) atoms. The molecule has 0 amide bonds. The number of carbonyl (C=O) groups excluding carboxylic acids is 2. The highest BCUT2D eigenvalue weighted by molar-refractivity contribution is 6.06. The predicted octanol–water partition coefficient (Wildman–Crippen LogP) is 7.63. The Morgan fingerprint density at radius 2 is 1.40 bits per heavy atom. The molecule has 1 aliphatic heterocycles. The minimum absolute atomic E-state index is 0.161. The first-order valence-corrected chi connectivity index (χ1v) is 15.3. The lowest BCUT2D eigenvalue weighted by Gasteiger charge is -2.44. The fourth-order valence-corrected chi connectivity index (χ4v) is 6.64. The number of ketones is 2. The quantitative estimate of drug-likeness (QED) is 0.269. The van der Waals surface area contributed by atoms with Crippen molar-refractivity contribution in [1.29, 1.82) is 0 Å². The second-order valence-corrected chi connectivity index (χ2v) is 11.5. The van der Waals surface area contributed by atoms with Gasteiger partial charge in [0.2, 0.25) is 0 Å². The Balaban J connectivity index is 1.38. The summed E-state index contributed by atoms with van der Waals surface area (Å²) in [5.74, 6) is 1.26. The van der Waals surface area contributed by atoms with Gasteiger partial charge >= 0.3 is 0 Å². The van der Waals surface area contributed by atoms with Crippen molar-refractivity contribution in [3.63, 3.8) is 0 Å². The smallest absolute Gasteiger partial charge is 0.161 e. The molecule has 6 rings (SSSR count). The van der Waals surface area contributed by atoms with Crippen LogP contribution in [0.4, 0.5) is 0 Å². The summed E-state index contributed by atoms with van der Waals surface area (Å²) < 4.78 is 12.3. The number of rotatable bonds is 9. The van der Waals surface area contributed by atoms with Crippen molar-refractivity contribution in [2.24, 2.45) is 0 Å². The number of aryl methyl sites for hydroxylation is 1. The number of nitrogens with zero attached hydrogens (tertiary/aromatic N) is 1. The molecular formula is C37H39NO4. The Morgan fingerprint density at radius 1 is 0.738 bits per heavy atom. The lowest BCUT2D eigenvalue weighted by molar-refractivity contribution is -0.117. The SMILES string of the molecule is CCOc1cc(C2C3=C(CCCC3=O)N(CCc3ccccc3)C3=C2C(=O)CCC3)ccc1OCc1ccc(C)cc1.